The summed E-state index contributed by atoms with van der Waals surface area (Å²) in [4.78, 5) is 15.5. The van der Waals surface area contributed by atoms with Crippen molar-refractivity contribution in [1.82, 2.24) is 4.98 Å². The van der Waals surface area contributed by atoms with Gasteiger partial charge in [-0.1, -0.05) is 42.5 Å². The SMILES string of the molecule is CC(C=O)=Cc1cc(-c2ccc(F)cc2)cc(-c2ccccc2)n1. The van der Waals surface area contributed by atoms with Crippen LogP contribution in [0.3, 0.4) is 0 Å². The lowest BCUT2D eigenvalue weighted by atomic mass is 10.0. The van der Waals surface area contributed by atoms with Gasteiger partial charge in [0.25, 0.3) is 0 Å². The van der Waals surface area contributed by atoms with E-state index in [0.717, 1.165) is 28.7 Å². The van der Waals surface area contributed by atoms with Crippen molar-refractivity contribution in [3.63, 3.8) is 0 Å². The average molecular weight is 317 g/mol. The van der Waals surface area contributed by atoms with Crippen LogP contribution < -0.4 is 0 Å². The number of nitrogens with zero attached hydrogens (tertiary/aromatic N) is 1. The van der Waals surface area contributed by atoms with Gasteiger partial charge in [-0.15, -0.1) is 0 Å². The third kappa shape index (κ3) is 3.63. The first-order valence-corrected chi connectivity index (χ1v) is 7.62. The molecule has 0 amide bonds. The molecule has 0 spiro atoms. The normalized spacial score (nSPS) is 11.3. The monoisotopic (exact) mass is 317 g/mol. The number of carbonyl (C=O) groups excluding carboxylic acids is 1. The Kier molecular flexibility index (Phi) is 4.62. The smallest absolute Gasteiger partial charge is 0.145 e. The lowest BCUT2D eigenvalue weighted by Gasteiger charge is -2.08. The highest BCUT2D eigenvalue weighted by Gasteiger charge is 2.06. The predicted molar refractivity (Wildman–Crippen MR) is 94.8 cm³/mol. The van der Waals surface area contributed by atoms with Gasteiger partial charge in [-0.25, -0.2) is 9.37 Å². The molecule has 2 nitrogen and oxygen atoms in total. The maximum atomic E-state index is 13.2. The Hall–Kier alpha value is -3.07. The minimum atomic E-state index is -0.270. The van der Waals surface area contributed by atoms with Gasteiger partial charge in [0.1, 0.15) is 12.1 Å². The van der Waals surface area contributed by atoms with Crippen LogP contribution in [0.5, 0.6) is 0 Å². The fourth-order valence-corrected chi connectivity index (χ4v) is 2.46. The summed E-state index contributed by atoms with van der Waals surface area (Å²) < 4.78 is 13.2. The number of benzene rings is 2. The van der Waals surface area contributed by atoms with Crippen molar-refractivity contribution >= 4 is 12.4 Å². The minimum Gasteiger partial charge on any atom is -0.298 e. The van der Waals surface area contributed by atoms with Crippen molar-refractivity contribution in [2.75, 3.05) is 0 Å². The summed E-state index contributed by atoms with van der Waals surface area (Å²) in [6, 6.07) is 20.0. The maximum absolute atomic E-state index is 13.2. The van der Waals surface area contributed by atoms with Crippen LogP contribution in [0.2, 0.25) is 0 Å². The van der Waals surface area contributed by atoms with Gasteiger partial charge in [0.2, 0.25) is 0 Å². The molecule has 0 fully saturated rings. The maximum Gasteiger partial charge on any atom is 0.145 e. The lowest BCUT2D eigenvalue weighted by Crippen LogP contribution is -1.91. The van der Waals surface area contributed by atoms with Gasteiger partial charge in [0, 0.05) is 5.56 Å². The Morgan fingerprint density at radius 1 is 0.917 bits per heavy atom. The Morgan fingerprint density at radius 2 is 1.62 bits per heavy atom. The molecule has 0 saturated heterocycles. The third-order valence-electron chi connectivity index (χ3n) is 3.65. The van der Waals surface area contributed by atoms with E-state index in [4.69, 9.17) is 0 Å². The van der Waals surface area contributed by atoms with Crippen LogP contribution in [0.4, 0.5) is 4.39 Å². The number of hydrogen-bond acceptors (Lipinski definition) is 2. The predicted octanol–water partition coefficient (Wildman–Crippen LogP) is 5.16. The number of aldehydes is 1. The number of allylic oxidation sites excluding steroid dienone is 1. The Labute approximate surface area is 140 Å². The van der Waals surface area contributed by atoms with Crippen LogP contribution in [-0.4, -0.2) is 11.3 Å². The van der Waals surface area contributed by atoms with Crippen molar-refractivity contribution in [2.45, 2.75) is 6.92 Å². The zero-order chi connectivity index (χ0) is 16.9. The van der Waals surface area contributed by atoms with E-state index in [9.17, 15) is 9.18 Å². The Balaban J connectivity index is 2.16. The van der Waals surface area contributed by atoms with Gasteiger partial charge in [-0.3, -0.25) is 4.79 Å². The molecule has 0 radical (unpaired) electrons. The molecule has 0 atom stereocenters. The molecule has 0 unspecified atom stereocenters. The summed E-state index contributed by atoms with van der Waals surface area (Å²) in [5.41, 5.74) is 4.91. The highest BCUT2D eigenvalue weighted by molar-refractivity contribution is 5.81. The largest absolute Gasteiger partial charge is 0.298 e. The molecule has 0 aliphatic rings. The van der Waals surface area contributed by atoms with Gasteiger partial charge >= 0.3 is 0 Å². The van der Waals surface area contributed by atoms with Gasteiger partial charge in [0.05, 0.1) is 11.4 Å². The molecule has 3 rings (SSSR count). The first-order valence-electron chi connectivity index (χ1n) is 7.62. The van der Waals surface area contributed by atoms with E-state index in [1.54, 1.807) is 25.1 Å². The molecule has 1 heterocycles. The number of rotatable bonds is 4. The van der Waals surface area contributed by atoms with Crippen molar-refractivity contribution < 1.29 is 9.18 Å². The second kappa shape index (κ2) is 7.01. The molecule has 1 aromatic heterocycles. The second-order valence-corrected chi connectivity index (χ2v) is 5.55. The van der Waals surface area contributed by atoms with Crippen LogP contribution in [0, 0.1) is 5.82 Å². The molecule has 0 bridgehead atoms. The van der Waals surface area contributed by atoms with E-state index in [0.29, 0.717) is 11.3 Å². The number of carbonyl (C=O) groups is 1. The van der Waals surface area contributed by atoms with E-state index < -0.39 is 0 Å². The van der Waals surface area contributed by atoms with Crippen LogP contribution in [0.1, 0.15) is 12.6 Å². The van der Waals surface area contributed by atoms with Gasteiger partial charge in [-0.05, 0) is 54.0 Å². The number of pyridine rings is 1. The standard InChI is InChI=1S/C21H16FNO/c1-15(14-24)11-20-12-18(16-7-9-19(22)10-8-16)13-21(23-20)17-5-3-2-4-6-17/h2-14H,1H3. The van der Waals surface area contributed by atoms with Crippen LogP contribution in [0.15, 0.2) is 72.3 Å². The summed E-state index contributed by atoms with van der Waals surface area (Å²) in [6.07, 6.45) is 2.54. The third-order valence-corrected chi connectivity index (χ3v) is 3.65. The van der Waals surface area contributed by atoms with E-state index in [1.165, 1.54) is 12.1 Å². The molecule has 118 valence electrons. The van der Waals surface area contributed by atoms with Gasteiger partial charge in [-0.2, -0.15) is 0 Å². The van der Waals surface area contributed by atoms with Crippen LogP contribution >= 0.6 is 0 Å². The first kappa shape index (κ1) is 15.8. The summed E-state index contributed by atoms with van der Waals surface area (Å²) in [6.45, 7) is 1.74. The topological polar surface area (TPSA) is 30.0 Å². The van der Waals surface area contributed by atoms with Crippen LogP contribution in [-0.2, 0) is 4.79 Å². The molecule has 3 aromatic rings. The fraction of sp³-hybridized carbons (Fsp3) is 0.0476. The highest BCUT2D eigenvalue weighted by atomic mass is 19.1. The van der Waals surface area contributed by atoms with Crippen molar-refractivity contribution in [3.8, 4) is 22.4 Å². The summed E-state index contributed by atoms with van der Waals surface area (Å²) in [7, 11) is 0. The van der Waals surface area contributed by atoms with Gasteiger partial charge < -0.3 is 0 Å². The first-order chi connectivity index (χ1) is 11.7. The fourth-order valence-electron chi connectivity index (χ4n) is 2.46. The summed E-state index contributed by atoms with van der Waals surface area (Å²) >= 11 is 0. The molecule has 3 heteroatoms. The minimum absolute atomic E-state index is 0.270. The van der Waals surface area contributed by atoms with E-state index in [-0.39, 0.29) is 5.82 Å². The number of halogens is 1. The quantitative estimate of drug-likeness (QED) is 0.491. The number of hydrogen-bond donors (Lipinski definition) is 0. The summed E-state index contributed by atoms with van der Waals surface area (Å²) in [5.74, 6) is -0.270. The second-order valence-electron chi connectivity index (χ2n) is 5.55. The summed E-state index contributed by atoms with van der Waals surface area (Å²) in [5, 5.41) is 0. The molecule has 2 aromatic carbocycles. The van der Waals surface area contributed by atoms with Crippen LogP contribution in [0.25, 0.3) is 28.5 Å². The number of aromatic nitrogens is 1. The molecular weight excluding hydrogens is 301 g/mol. The molecule has 0 saturated carbocycles. The zero-order valence-corrected chi connectivity index (χ0v) is 13.2. The Morgan fingerprint density at radius 3 is 2.29 bits per heavy atom. The Bertz CT molecular complexity index is 883. The molecular formula is C21H16FNO. The van der Waals surface area contributed by atoms with Crippen molar-refractivity contribution in [2.24, 2.45) is 0 Å². The van der Waals surface area contributed by atoms with E-state index in [1.807, 2.05) is 42.5 Å². The van der Waals surface area contributed by atoms with E-state index >= 15 is 0 Å². The zero-order valence-electron chi connectivity index (χ0n) is 13.2. The highest BCUT2D eigenvalue weighted by Crippen LogP contribution is 2.27. The lowest BCUT2D eigenvalue weighted by molar-refractivity contribution is -0.104. The van der Waals surface area contributed by atoms with Gasteiger partial charge in [0.15, 0.2) is 0 Å². The molecule has 0 N–H and O–H groups in total. The average Bonchev–Trinajstić information content (AvgIpc) is 2.62. The molecule has 24 heavy (non-hydrogen) atoms. The van der Waals surface area contributed by atoms with Crippen molar-refractivity contribution in [3.05, 3.63) is 83.8 Å². The molecule has 0 aliphatic heterocycles. The molecule has 0 aliphatic carbocycles. The van der Waals surface area contributed by atoms with E-state index in [2.05, 4.69) is 4.98 Å². The van der Waals surface area contributed by atoms with Crippen molar-refractivity contribution in [1.29, 1.82) is 0 Å².